The van der Waals surface area contributed by atoms with Crippen molar-refractivity contribution in [1.29, 1.82) is 0 Å². The van der Waals surface area contributed by atoms with Crippen LogP contribution in [0.15, 0.2) is 0 Å². The van der Waals surface area contributed by atoms with Gasteiger partial charge < -0.3 is 15.7 Å². The van der Waals surface area contributed by atoms with Gasteiger partial charge in [-0.25, -0.2) is 4.79 Å². The molecule has 0 aliphatic heterocycles. The van der Waals surface area contributed by atoms with E-state index in [9.17, 15) is 9.59 Å². The molecule has 5 nitrogen and oxygen atoms in total. The number of urea groups is 1. The van der Waals surface area contributed by atoms with E-state index in [0.717, 1.165) is 6.42 Å². The van der Waals surface area contributed by atoms with Gasteiger partial charge in [-0.2, -0.15) is 0 Å². The number of carbonyl (C=O) groups is 2. The van der Waals surface area contributed by atoms with Gasteiger partial charge in [-0.1, -0.05) is 13.8 Å². The first-order valence-corrected chi connectivity index (χ1v) is 6.20. The molecule has 0 bridgehead atoms. The van der Waals surface area contributed by atoms with Gasteiger partial charge in [0.05, 0.1) is 5.92 Å². The van der Waals surface area contributed by atoms with Gasteiger partial charge in [-0.05, 0) is 32.1 Å². The summed E-state index contributed by atoms with van der Waals surface area (Å²) in [7, 11) is 0. The minimum Gasteiger partial charge on any atom is -0.481 e. The van der Waals surface area contributed by atoms with Gasteiger partial charge in [0, 0.05) is 12.1 Å². The monoisotopic (exact) mass is 242 g/mol. The van der Waals surface area contributed by atoms with E-state index in [0.29, 0.717) is 18.8 Å². The Kier molecular flexibility index (Phi) is 4.78. The summed E-state index contributed by atoms with van der Waals surface area (Å²) in [5.74, 6) is -0.677. The molecule has 1 aliphatic carbocycles. The average molecular weight is 242 g/mol. The second kappa shape index (κ2) is 5.89. The molecule has 1 aliphatic rings. The Morgan fingerprint density at radius 3 is 2.35 bits per heavy atom. The summed E-state index contributed by atoms with van der Waals surface area (Å²) in [6, 6.07) is -0.0793. The Morgan fingerprint density at radius 1 is 1.24 bits per heavy atom. The van der Waals surface area contributed by atoms with Gasteiger partial charge in [0.2, 0.25) is 0 Å². The fourth-order valence-corrected chi connectivity index (χ4v) is 1.94. The minimum absolute atomic E-state index is 0.00420. The smallest absolute Gasteiger partial charge is 0.315 e. The molecule has 2 amide bonds. The molecular formula is C12H22N2O3. The molecule has 1 rings (SSSR count). The first kappa shape index (κ1) is 13.8. The van der Waals surface area contributed by atoms with E-state index < -0.39 is 5.97 Å². The van der Waals surface area contributed by atoms with Gasteiger partial charge in [0.25, 0.3) is 0 Å². The van der Waals surface area contributed by atoms with Crippen LogP contribution in [0.3, 0.4) is 0 Å². The molecular weight excluding hydrogens is 220 g/mol. The highest BCUT2D eigenvalue weighted by Gasteiger charge is 2.30. The van der Waals surface area contributed by atoms with Gasteiger partial charge in [-0.3, -0.25) is 4.79 Å². The summed E-state index contributed by atoms with van der Waals surface area (Å²) in [5.41, 5.74) is 0. The Labute approximate surface area is 102 Å². The molecule has 0 aromatic heterocycles. The maximum atomic E-state index is 11.6. The highest BCUT2D eigenvalue weighted by molar-refractivity contribution is 5.75. The zero-order valence-electron chi connectivity index (χ0n) is 10.7. The highest BCUT2D eigenvalue weighted by atomic mass is 16.4. The van der Waals surface area contributed by atoms with Gasteiger partial charge >= 0.3 is 12.0 Å². The van der Waals surface area contributed by atoms with Crippen LogP contribution >= 0.6 is 0 Å². The van der Waals surface area contributed by atoms with Gasteiger partial charge in [-0.15, -0.1) is 0 Å². The third kappa shape index (κ3) is 4.24. The fourth-order valence-electron chi connectivity index (χ4n) is 1.94. The predicted octanol–water partition coefficient (Wildman–Crippen LogP) is 1.58. The standard InChI is InChI=1S/C12H22N2O3/c1-7(2)8(3)13-12(17)14-10-5-4-9(6-10)11(15)16/h7-10H,4-6H2,1-3H3,(H,15,16)(H2,13,14,17)/t8?,9-,10+/m1/s1. The normalized spacial score (nSPS) is 25.6. The summed E-state index contributed by atoms with van der Waals surface area (Å²) in [5, 5.41) is 14.5. The zero-order valence-corrected chi connectivity index (χ0v) is 10.7. The molecule has 3 N–H and O–H groups in total. The van der Waals surface area contributed by atoms with Crippen molar-refractivity contribution < 1.29 is 14.7 Å². The van der Waals surface area contributed by atoms with Crippen molar-refractivity contribution in [2.45, 2.75) is 52.1 Å². The Balaban J connectivity index is 2.31. The number of nitrogens with one attached hydrogen (secondary N) is 2. The van der Waals surface area contributed by atoms with Crippen molar-refractivity contribution >= 4 is 12.0 Å². The van der Waals surface area contributed by atoms with Crippen LogP contribution in [0.2, 0.25) is 0 Å². The molecule has 0 heterocycles. The number of carboxylic acids is 1. The number of carbonyl (C=O) groups excluding carboxylic acids is 1. The molecule has 17 heavy (non-hydrogen) atoms. The first-order valence-electron chi connectivity index (χ1n) is 6.20. The minimum atomic E-state index is -0.759. The Bertz CT molecular complexity index is 291. The summed E-state index contributed by atoms with van der Waals surface area (Å²) in [6.45, 7) is 6.04. The highest BCUT2D eigenvalue weighted by Crippen LogP contribution is 2.25. The lowest BCUT2D eigenvalue weighted by atomic mass is 10.1. The van der Waals surface area contributed by atoms with Crippen molar-refractivity contribution in [3.05, 3.63) is 0 Å². The topological polar surface area (TPSA) is 78.4 Å². The van der Waals surface area contributed by atoms with E-state index in [2.05, 4.69) is 10.6 Å². The van der Waals surface area contributed by atoms with Crippen molar-refractivity contribution in [3.8, 4) is 0 Å². The molecule has 1 saturated carbocycles. The lowest BCUT2D eigenvalue weighted by Crippen LogP contribution is -2.46. The van der Waals surface area contributed by atoms with Crippen molar-refractivity contribution in [2.24, 2.45) is 11.8 Å². The van der Waals surface area contributed by atoms with Crippen LogP contribution in [-0.2, 0) is 4.79 Å². The second-order valence-corrected chi connectivity index (χ2v) is 5.20. The maximum absolute atomic E-state index is 11.6. The predicted molar refractivity (Wildman–Crippen MR) is 64.7 cm³/mol. The number of aliphatic carboxylic acids is 1. The maximum Gasteiger partial charge on any atom is 0.315 e. The molecule has 1 fully saturated rings. The van der Waals surface area contributed by atoms with Crippen LogP contribution in [0.4, 0.5) is 4.79 Å². The van der Waals surface area contributed by atoms with Crippen molar-refractivity contribution in [3.63, 3.8) is 0 Å². The average Bonchev–Trinajstić information content (AvgIpc) is 2.65. The molecule has 98 valence electrons. The van der Waals surface area contributed by atoms with Crippen LogP contribution in [0, 0.1) is 11.8 Å². The van der Waals surface area contributed by atoms with Gasteiger partial charge in [0.1, 0.15) is 0 Å². The number of amides is 2. The van der Waals surface area contributed by atoms with E-state index >= 15 is 0 Å². The van der Waals surface area contributed by atoms with Crippen LogP contribution < -0.4 is 10.6 Å². The molecule has 0 radical (unpaired) electrons. The quantitative estimate of drug-likeness (QED) is 0.700. The van der Waals surface area contributed by atoms with Crippen LogP contribution in [0.1, 0.15) is 40.0 Å². The fraction of sp³-hybridized carbons (Fsp3) is 0.833. The number of rotatable bonds is 4. The molecule has 5 heteroatoms. The lowest BCUT2D eigenvalue weighted by Gasteiger charge is -2.20. The van der Waals surface area contributed by atoms with Crippen LogP contribution in [-0.4, -0.2) is 29.2 Å². The summed E-state index contributed by atoms with van der Waals surface area (Å²) in [6.07, 6.45) is 1.94. The SMILES string of the molecule is CC(C)C(C)NC(=O)N[C@H]1CC[C@@H](C(=O)O)C1. The van der Waals surface area contributed by atoms with E-state index in [-0.39, 0.29) is 24.0 Å². The third-order valence-corrected chi connectivity index (χ3v) is 3.48. The summed E-state index contributed by atoms with van der Waals surface area (Å²) < 4.78 is 0. The molecule has 0 spiro atoms. The number of hydrogen-bond donors (Lipinski definition) is 3. The molecule has 3 atom stereocenters. The van der Waals surface area contributed by atoms with E-state index in [1.807, 2.05) is 20.8 Å². The molecule has 0 aromatic carbocycles. The summed E-state index contributed by atoms with van der Waals surface area (Å²) >= 11 is 0. The molecule has 0 aromatic rings. The third-order valence-electron chi connectivity index (χ3n) is 3.48. The molecule has 1 unspecified atom stereocenters. The zero-order chi connectivity index (χ0) is 13.0. The van der Waals surface area contributed by atoms with Gasteiger partial charge in [0.15, 0.2) is 0 Å². The van der Waals surface area contributed by atoms with Crippen LogP contribution in [0.25, 0.3) is 0 Å². The Morgan fingerprint density at radius 2 is 1.88 bits per heavy atom. The largest absolute Gasteiger partial charge is 0.481 e. The number of hydrogen-bond acceptors (Lipinski definition) is 2. The van der Waals surface area contributed by atoms with E-state index in [1.54, 1.807) is 0 Å². The lowest BCUT2D eigenvalue weighted by molar-refractivity contribution is -0.141. The summed E-state index contributed by atoms with van der Waals surface area (Å²) in [4.78, 5) is 22.4. The molecule has 0 saturated heterocycles. The van der Waals surface area contributed by atoms with E-state index in [4.69, 9.17) is 5.11 Å². The van der Waals surface area contributed by atoms with E-state index in [1.165, 1.54) is 0 Å². The van der Waals surface area contributed by atoms with Crippen molar-refractivity contribution in [1.82, 2.24) is 10.6 Å². The van der Waals surface area contributed by atoms with Crippen LogP contribution in [0.5, 0.6) is 0 Å². The first-order chi connectivity index (χ1) is 7.90. The van der Waals surface area contributed by atoms with Crippen molar-refractivity contribution in [2.75, 3.05) is 0 Å². The second-order valence-electron chi connectivity index (χ2n) is 5.20. The number of carboxylic acid groups (broad SMARTS) is 1. The Hall–Kier alpha value is -1.26.